The normalized spacial score (nSPS) is 17.1. The van der Waals surface area contributed by atoms with E-state index in [1.165, 1.54) is 0 Å². The van der Waals surface area contributed by atoms with Gasteiger partial charge in [-0.3, -0.25) is 14.6 Å². The van der Waals surface area contributed by atoms with Gasteiger partial charge in [-0.05, 0) is 37.1 Å². The number of aromatic nitrogens is 4. The second-order valence-corrected chi connectivity index (χ2v) is 6.62. The van der Waals surface area contributed by atoms with E-state index in [4.69, 9.17) is 4.52 Å². The average Bonchev–Trinajstić information content (AvgIpc) is 3.37. The molecule has 3 aromatic rings. The molecule has 1 amide bonds. The quantitative estimate of drug-likeness (QED) is 0.519. The number of hydrogen-bond acceptors (Lipinski definition) is 6. The number of Topliss-reactive ketones (excluding diaryl/α,β-unsaturated/α-hetero) is 1. The highest BCUT2D eigenvalue weighted by Crippen LogP contribution is 2.27. The van der Waals surface area contributed by atoms with Gasteiger partial charge in [0.1, 0.15) is 0 Å². The topological polar surface area (TPSA) is 94.1 Å². The highest BCUT2D eigenvalue weighted by molar-refractivity contribution is 6.42. The third kappa shape index (κ3) is 3.38. The van der Waals surface area contributed by atoms with Crippen LogP contribution in [0.15, 0.2) is 47.4 Å². The Hall–Kier alpha value is -3.29. The maximum absolute atomic E-state index is 12.6. The Kier molecular flexibility index (Phi) is 4.53. The fourth-order valence-electron chi connectivity index (χ4n) is 3.33. The Morgan fingerprint density at radius 1 is 1.26 bits per heavy atom. The molecule has 27 heavy (non-hydrogen) atoms. The molecule has 4 rings (SSSR count). The van der Waals surface area contributed by atoms with Gasteiger partial charge in [-0.2, -0.15) is 4.98 Å². The summed E-state index contributed by atoms with van der Waals surface area (Å²) in [5.74, 6) is -0.112. The maximum atomic E-state index is 12.6. The lowest BCUT2D eigenvalue weighted by atomic mass is 9.97. The molecule has 1 aliphatic heterocycles. The molecule has 8 heteroatoms. The van der Waals surface area contributed by atoms with E-state index in [1.807, 2.05) is 12.1 Å². The van der Waals surface area contributed by atoms with E-state index in [0.29, 0.717) is 30.5 Å². The predicted molar refractivity (Wildman–Crippen MR) is 95.8 cm³/mol. The van der Waals surface area contributed by atoms with Crippen LogP contribution in [0.1, 0.15) is 35.1 Å². The van der Waals surface area contributed by atoms with Crippen molar-refractivity contribution in [2.75, 3.05) is 13.1 Å². The number of hydrogen-bond donors (Lipinski definition) is 0. The summed E-state index contributed by atoms with van der Waals surface area (Å²) in [5.41, 5.74) is 1.16. The van der Waals surface area contributed by atoms with Crippen molar-refractivity contribution in [1.82, 2.24) is 24.6 Å². The lowest BCUT2D eigenvalue weighted by Crippen LogP contribution is -2.43. The molecule has 0 aliphatic carbocycles. The van der Waals surface area contributed by atoms with Crippen LogP contribution in [0.25, 0.3) is 11.4 Å². The Bertz CT molecular complexity index is 963. The number of aryl methyl sites for hydroxylation is 1. The molecule has 1 fully saturated rings. The molecule has 0 unspecified atom stereocenters. The number of carbonyl (C=O) groups is 2. The zero-order chi connectivity index (χ0) is 18.8. The maximum Gasteiger partial charge on any atom is 0.296 e. The van der Waals surface area contributed by atoms with Crippen molar-refractivity contribution in [3.05, 3.63) is 54.4 Å². The Labute approximate surface area is 155 Å². The van der Waals surface area contributed by atoms with Crippen molar-refractivity contribution in [1.29, 1.82) is 0 Å². The van der Waals surface area contributed by atoms with Gasteiger partial charge >= 0.3 is 0 Å². The van der Waals surface area contributed by atoms with Gasteiger partial charge in [0.25, 0.3) is 11.7 Å². The van der Waals surface area contributed by atoms with E-state index >= 15 is 0 Å². The Morgan fingerprint density at radius 2 is 2.15 bits per heavy atom. The minimum absolute atomic E-state index is 0.0816. The SMILES string of the molecule is Cn1cccc1C(=O)C(=O)N1CCC[C@H](c2nc(-c3cccnc3)no2)C1. The summed E-state index contributed by atoms with van der Waals surface area (Å²) in [4.78, 5) is 35.2. The Morgan fingerprint density at radius 3 is 2.89 bits per heavy atom. The zero-order valence-electron chi connectivity index (χ0n) is 14.9. The van der Waals surface area contributed by atoms with Crippen LogP contribution >= 0.6 is 0 Å². The van der Waals surface area contributed by atoms with Gasteiger partial charge in [0.15, 0.2) is 0 Å². The first kappa shape index (κ1) is 17.1. The molecule has 1 aliphatic rings. The number of rotatable bonds is 4. The first-order chi connectivity index (χ1) is 13.1. The number of likely N-dealkylation sites (tertiary alicyclic amines) is 1. The lowest BCUT2D eigenvalue weighted by molar-refractivity contribution is -0.127. The molecule has 0 radical (unpaired) electrons. The number of carbonyl (C=O) groups excluding carboxylic acids is 2. The molecule has 0 spiro atoms. The highest BCUT2D eigenvalue weighted by atomic mass is 16.5. The number of piperidine rings is 1. The highest BCUT2D eigenvalue weighted by Gasteiger charge is 2.32. The number of amides is 1. The lowest BCUT2D eigenvalue weighted by Gasteiger charge is -2.30. The van der Waals surface area contributed by atoms with Crippen LogP contribution < -0.4 is 0 Å². The van der Waals surface area contributed by atoms with Gasteiger partial charge in [-0.15, -0.1) is 0 Å². The smallest absolute Gasteiger partial charge is 0.296 e. The summed E-state index contributed by atoms with van der Waals surface area (Å²) in [7, 11) is 1.75. The standard InChI is InChI=1S/C19H19N5O3/c1-23-9-4-7-15(23)16(25)19(26)24-10-3-6-14(12-24)18-21-17(22-27-18)13-5-2-8-20-11-13/h2,4-5,7-9,11,14H,3,6,10,12H2,1H3/t14-/m0/s1. The summed E-state index contributed by atoms with van der Waals surface area (Å²) < 4.78 is 7.08. The van der Waals surface area contributed by atoms with Crippen molar-refractivity contribution >= 4 is 11.7 Å². The molecular formula is C19H19N5O3. The van der Waals surface area contributed by atoms with Gasteiger partial charge in [0, 0.05) is 44.3 Å². The van der Waals surface area contributed by atoms with Crippen molar-refractivity contribution in [3.63, 3.8) is 0 Å². The second kappa shape index (κ2) is 7.14. The zero-order valence-corrected chi connectivity index (χ0v) is 14.9. The van der Waals surface area contributed by atoms with Crippen molar-refractivity contribution in [3.8, 4) is 11.4 Å². The molecule has 0 aromatic carbocycles. The molecule has 8 nitrogen and oxygen atoms in total. The summed E-state index contributed by atoms with van der Waals surface area (Å²) >= 11 is 0. The molecule has 0 saturated carbocycles. The molecule has 0 N–H and O–H groups in total. The Balaban J connectivity index is 1.48. The largest absolute Gasteiger partial charge is 0.348 e. The third-order valence-electron chi connectivity index (χ3n) is 4.79. The molecule has 0 bridgehead atoms. The van der Waals surface area contributed by atoms with E-state index < -0.39 is 11.7 Å². The van der Waals surface area contributed by atoms with E-state index in [-0.39, 0.29) is 5.92 Å². The fourth-order valence-corrected chi connectivity index (χ4v) is 3.33. The van der Waals surface area contributed by atoms with Crippen LogP contribution in [0.4, 0.5) is 0 Å². The van der Waals surface area contributed by atoms with Gasteiger partial charge in [0.05, 0.1) is 11.6 Å². The van der Waals surface area contributed by atoms with Crippen molar-refractivity contribution in [2.24, 2.45) is 7.05 Å². The van der Waals surface area contributed by atoms with Crippen LogP contribution in [0, 0.1) is 0 Å². The van der Waals surface area contributed by atoms with E-state index in [1.54, 1.807) is 47.2 Å². The fraction of sp³-hybridized carbons (Fsp3) is 0.316. The van der Waals surface area contributed by atoms with Crippen LogP contribution in [-0.2, 0) is 11.8 Å². The number of nitrogens with zero attached hydrogens (tertiary/aromatic N) is 5. The van der Waals surface area contributed by atoms with Gasteiger partial charge < -0.3 is 14.0 Å². The van der Waals surface area contributed by atoms with E-state index in [0.717, 1.165) is 18.4 Å². The van der Waals surface area contributed by atoms with Crippen LogP contribution in [0.2, 0.25) is 0 Å². The minimum Gasteiger partial charge on any atom is -0.348 e. The van der Waals surface area contributed by atoms with E-state index in [2.05, 4.69) is 15.1 Å². The van der Waals surface area contributed by atoms with Gasteiger partial charge in [-0.1, -0.05) is 5.16 Å². The average molecular weight is 365 g/mol. The first-order valence-corrected chi connectivity index (χ1v) is 8.82. The minimum atomic E-state index is -0.496. The van der Waals surface area contributed by atoms with Crippen molar-refractivity contribution < 1.29 is 14.1 Å². The first-order valence-electron chi connectivity index (χ1n) is 8.82. The molecule has 138 valence electrons. The van der Waals surface area contributed by atoms with Gasteiger partial charge in [0.2, 0.25) is 11.7 Å². The molecule has 1 atom stereocenters. The predicted octanol–water partition coefficient (Wildman–Crippen LogP) is 2.06. The van der Waals surface area contributed by atoms with Gasteiger partial charge in [-0.25, -0.2) is 0 Å². The van der Waals surface area contributed by atoms with E-state index in [9.17, 15) is 9.59 Å². The van der Waals surface area contributed by atoms with Crippen molar-refractivity contribution in [2.45, 2.75) is 18.8 Å². The number of ketones is 1. The van der Waals surface area contributed by atoms with Crippen LogP contribution in [0.3, 0.4) is 0 Å². The summed E-state index contributed by atoms with van der Waals surface area (Å²) in [6.07, 6.45) is 6.71. The number of pyridine rings is 1. The molecule has 3 aromatic heterocycles. The second-order valence-electron chi connectivity index (χ2n) is 6.62. The summed E-state index contributed by atoms with van der Waals surface area (Å²) in [6, 6.07) is 7.07. The summed E-state index contributed by atoms with van der Waals surface area (Å²) in [6.45, 7) is 0.943. The summed E-state index contributed by atoms with van der Waals surface area (Å²) in [5, 5.41) is 4.02. The van der Waals surface area contributed by atoms with Crippen LogP contribution in [-0.4, -0.2) is 49.4 Å². The molecule has 1 saturated heterocycles. The molecular weight excluding hydrogens is 346 g/mol. The van der Waals surface area contributed by atoms with Crippen LogP contribution in [0.5, 0.6) is 0 Å². The molecule has 4 heterocycles. The third-order valence-corrected chi connectivity index (χ3v) is 4.79. The monoisotopic (exact) mass is 365 g/mol.